The Bertz CT molecular complexity index is 629. The Morgan fingerprint density at radius 2 is 2.06 bits per heavy atom. The van der Waals surface area contributed by atoms with Gasteiger partial charge >= 0.3 is 0 Å². The van der Waals surface area contributed by atoms with Crippen molar-refractivity contribution in [3.8, 4) is 10.6 Å². The second kappa shape index (κ2) is 4.92. The zero-order chi connectivity index (χ0) is 12.4. The van der Waals surface area contributed by atoms with E-state index in [1.165, 1.54) is 4.88 Å². The second-order valence-electron chi connectivity index (χ2n) is 3.87. The first-order valence-electron chi connectivity index (χ1n) is 5.47. The minimum absolute atomic E-state index is 0.744. The quantitative estimate of drug-likeness (QED) is 0.730. The van der Waals surface area contributed by atoms with Gasteiger partial charge in [-0.3, -0.25) is 0 Å². The van der Waals surface area contributed by atoms with E-state index < -0.39 is 0 Å². The second-order valence-corrected chi connectivity index (χ2v) is 5.43. The Morgan fingerprint density at radius 3 is 2.78 bits per heavy atom. The number of halogens is 1. The highest BCUT2D eigenvalue weighted by Crippen LogP contribution is 2.26. The number of hydrogen-bond acceptors (Lipinski definition) is 3. The molecular weight excluding hydrogens is 266 g/mol. The summed E-state index contributed by atoms with van der Waals surface area (Å²) in [5.74, 6) is 0. The van der Waals surface area contributed by atoms with E-state index in [4.69, 9.17) is 11.6 Å². The number of nitrogens with zero attached hydrogens (tertiary/aromatic N) is 3. The summed E-state index contributed by atoms with van der Waals surface area (Å²) in [6.45, 7) is 0.811. The third-order valence-corrected chi connectivity index (χ3v) is 3.83. The van der Waals surface area contributed by atoms with Crippen LogP contribution in [0.3, 0.4) is 0 Å². The molecule has 0 bridgehead atoms. The molecule has 0 aliphatic carbocycles. The number of hydrogen-bond donors (Lipinski definition) is 0. The van der Waals surface area contributed by atoms with Crippen LogP contribution in [0.25, 0.3) is 10.6 Å². The first-order valence-corrected chi connectivity index (χ1v) is 6.67. The van der Waals surface area contributed by atoms with Gasteiger partial charge in [-0.25, -0.2) is 9.97 Å². The molecule has 2 heterocycles. The van der Waals surface area contributed by atoms with Crippen molar-refractivity contribution in [2.24, 2.45) is 0 Å². The predicted molar refractivity (Wildman–Crippen MR) is 73.9 cm³/mol. The molecule has 3 nitrogen and oxygen atoms in total. The Hall–Kier alpha value is -1.65. The molecule has 18 heavy (non-hydrogen) atoms. The molecule has 0 saturated heterocycles. The van der Waals surface area contributed by atoms with Crippen LogP contribution in [0.4, 0.5) is 0 Å². The number of imidazole rings is 1. The summed E-state index contributed by atoms with van der Waals surface area (Å²) >= 11 is 7.56. The Labute approximate surface area is 114 Å². The van der Waals surface area contributed by atoms with E-state index in [0.717, 1.165) is 22.1 Å². The van der Waals surface area contributed by atoms with Crippen molar-refractivity contribution in [2.45, 2.75) is 6.54 Å². The first-order chi connectivity index (χ1) is 8.81. The molecule has 90 valence electrons. The van der Waals surface area contributed by atoms with E-state index in [1.54, 1.807) is 17.5 Å². The number of benzene rings is 1. The van der Waals surface area contributed by atoms with Gasteiger partial charge in [0.2, 0.25) is 0 Å². The molecule has 0 radical (unpaired) electrons. The van der Waals surface area contributed by atoms with Crippen molar-refractivity contribution in [1.82, 2.24) is 14.5 Å². The van der Waals surface area contributed by atoms with Crippen LogP contribution in [-0.4, -0.2) is 14.5 Å². The van der Waals surface area contributed by atoms with Crippen LogP contribution in [0.1, 0.15) is 4.88 Å². The average molecular weight is 276 g/mol. The highest BCUT2D eigenvalue weighted by Gasteiger charge is 2.05. The molecular formula is C13H10ClN3S. The number of rotatable bonds is 3. The Kier molecular flexibility index (Phi) is 3.13. The summed E-state index contributed by atoms with van der Waals surface area (Å²) in [6.07, 6.45) is 7.44. The Balaban J connectivity index is 1.83. The third-order valence-electron chi connectivity index (χ3n) is 2.54. The van der Waals surface area contributed by atoms with Crippen LogP contribution in [0, 0.1) is 0 Å². The van der Waals surface area contributed by atoms with Crippen molar-refractivity contribution in [2.75, 3.05) is 0 Å². The molecule has 0 spiro atoms. The molecule has 0 saturated carbocycles. The van der Waals surface area contributed by atoms with E-state index in [-0.39, 0.29) is 0 Å². The fraction of sp³-hybridized carbons (Fsp3) is 0.0769. The van der Waals surface area contributed by atoms with E-state index in [9.17, 15) is 0 Å². The van der Waals surface area contributed by atoms with Gasteiger partial charge in [-0.05, 0) is 12.1 Å². The van der Waals surface area contributed by atoms with Gasteiger partial charge in [0.05, 0.1) is 12.9 Å². The van der Waals surface area contributed by atoms with Gasteiger partial charge in [0, 0.05) is 34.1 Å². The topological polar surface area (TPSA) is 30.7 Å². The lowest BCUT2D eigenvalue weighted by molar-refractivity contribution is 0.808. The molecule has 5 heteroatoms. The minimum Gasteiger partial charge on any atom is -0.332 e. The molecule has 0 N–H and O–H groups in total. The highest BCUT2D eigenvalue weighted by molar-refractivity contribution is 7.15. The molecule has 0 aliphatic heterocycles. The van der Waals surface area contributed by atoms with Crippen LogP contribution in [0.5, 0.6) is 0 Å². The van der Waals surface area contributed by atoms with Gasteiger partial charge in [-0.1, -0.05) is 23.7 Å². The van der Waals surface area contributed by atoms with Crippen LogP contribution in [0.2, 0.25) is 5.02 Å². The lowest BCUT2D eigenvalue weighted by atomic mass is 10.2. The van der Waals surface area contributed by atoms with Crippen LogP contribution < -0.4 is 0 Å². The molecule has 1 aromatic carbocycles. The normalized spacial score (nSPS) is 10.7. The summed E-state index contributed by atoms with van der Waals surface area (Å²) in [5, 5.41) is 1.76. The van der Waals surface area contributed by atoms with Gasteiger partial charge < -0.3 is 4.57 Å². The smallest absolute Gasteiger partial charge is 0.123 e. The minimum atomic E-state index is 0.744. The lowest BCUT2D eigenvalue weighted by Gasteiger charge is -1.97. The van der Waals surface area contributed by atoms with E-state index in [1.807, 2.05) is 47.6 Å². The summed E-state index contributed by atoms with van der Waals surface area (Å²) in [7, 11) is 0. The van der Waals surface area contributed by atoms with Crippen molar-refractivity contribution in [1.29, 1.82) is 0 Å². The summed E-state index contributed by atoms with van der Waals surface area (Å²) < 4.78 is 2.03. The van der Waals surface area contributed by atoms with Crippen LogP contribution in [-0.2, 0) is 6.54 Å². The maximum atomic E-state index is 5.87. The highest BCUT2D eigenvalue weighted by atomic mass is 35.5. The standard InChI is InChI=1S/C13H10ClN3S/c14-11-3-1-10(2-4-11)13-16-7-12(18-13)8-17-6-5-15-9-17/h1-7,9H,8H2. The van der Waals surface area contributed by atoms with Crippen molar-refractivity contribution in [3.63, 3.8) is 0 Å². The lowest BCUT2D eigenvalue weighted by Crippen LogP contribution is -1.92. The third kappa shape index (κ3) is 2.44. The molecule has 0 atom stereocenters. The zero-order valence-corrected chi connectivity index (χ0v) is 11.0. The van der Waals surface area contributed by atoms with E-state index in [0.29, 0.717) is 0 Å². The fourth-order valence-electron chi connectivity index (χ4n) is 1.67. The van der Waals surface area contributed by atoms with Crippen LogP contribution in [0.15, 0.2) is 49.2 Å². The molecule has 3 aromatic rings. The maximum Gasteiger partial charge on any atom is 0.123 e. The van der Waals surface area contributed by atoms with Crippen LogP contribution >= 0.6 is 22.9 Å². The monoisotopic (exact) mass is 275 g/mol. The maximum absolute atomic E-state index is 5.87. The van der Waals surface area contributed by atoms with E-state index in [2.05, 4.69) is 9.97 Å². The summed E-state index contributed by atoms with van der Waals surface area (Å²) in [4.78, 5) is 9.67. The number of aromatic nitrogens is 3. The first kappa shape index (κ1) is 11.4. The van der Waals surface area contributed by atoms with Gasteiger partial charge in [0.1, 0.15) is 5.01 Å². The SMILES string of the molecule is Clc1ccc(-c2ncc(Cn3ccnc3)s2)cc1. The van der Waals surface area contributed by atoms with Crippen molar-refractivity contribution < 1.29 is 0 Å². The van der Waals surface area contributed by atoms with Gasteiger partial charge in [-0.2, -0.15) is 0 Å². The molecule has 0 unspecified atom stereocenters. The molecule has 2 aromatic heterocycles. The predicted octanol–water partition coefficient (Wildman–Crippen LogP) is 3.71. The molecule has 0 fully saturated rings. The summed E-state index contributed by atoms with van der Waals surface area (Å²) in [6, 6.07) is 7.74. The van der Waals surface area contributed by atoms with Crippen molar-refractivity contribution in [3.05, 3.63) is 59.1 Å². The largest absolute Gasteiger partial charge is 0.332 e. The molecule has 3 rings (SSSR count). The zero-order valence-electron chi connectivity index (χ0n) is 9.45. The van der Waals surface area contributed by atoms with Gasteiger partial charge in [0.25, 0.3) is 0 Å². The fourth-order valence-corrected chi connectivity index (χ4v) is 2.72. The number of thiazole rings is 1. The average Bonchev–Trinajstić information content (AvgIpc) is 3.02. The van der Waals surface area contributed by atoms with Gasteiger partial charge in [-0.15, -0.1) is 11.3 Å². The molecule has 0 aliphatic rings. The van der Waals surface area contributed by atoms with Gasteiger partial charge in [0.15, 0.2) is 0 Å². The Morgan fingerprint density at radius 1 is 1.22 bits per heavy atom. The van der Waals surface area contributed by atoms with Crippen molar-refractivity contribution >= 4 is 22.9 Å². The summed E-state index contributed by atoms with van der Waals surface area (Å²) in [5.41, 5.74) is 1.10. The molecule has 0 amide bonds. The van der Waals surface area contributed by atoms with E-state index >= 15 is 0 Å².